The molecule has 0 aromatic heterocycles. The van der Waals surface area contributed by atoms with Gasteiger partial charge < -0.3 is 14.4 Å². The summed E-state index contributed by atoms with van der Waals surface area (Å²) in [5.41, 5.74) is 0.185. The zero-order valence-corrected chi connectivity index (χ0v) is 18.7. The van der Waals surface area contributed by atoms with Crippen LogP contribution in [-0.4, -0.2) is 42.4 Å². The maximum Gasteiger partial charge on any atom is 0.271 e. The fraction of sp³-hybridized carbons (Fsp3) is 0.348. The van der Waals surface area contributed by atoms with Gasteiger partial charge in [-0.25, -0.2) is 0 Å². The van der Waals surface area contributed by atoms with Crippen molar-refractivity contribution in [1.29, 1.82) is 0 Å². The number of anilines is 2. The van der Waals surface area contributed by atoms with E-state index >= 15 is 0 Å². The molecule has 0 saturated heterocycles. The first kappa shape index (κ1) is 21.2. The number of halogens is 1. The zero-order valence-electron chi connectivity index (χ0n) is 17.9. The van der Waals surface area contributed by atoms with Crippen molar-refractivity contribution in [3.63, 3.8) is 0 Å². The quantitative estimate of drug-likeness (QED) is 0.674. The first-order valence-corrected chi connectivity index (χ1v) is 10.3. The van der Waals surface area contributed by atoms with Gasteiger partial charge in [0.15, 0.2) is 17.5 Å². The van der Waals surface area contributed by atoms with Gasteiger partial charge in [-0.3, -0.25) is 19.3 Å². The van der Waals surface area contributed by atoms with Crippen LogP contribution in [0.1, 0.15) is 38.1 Å². The Morgan fingerprint density at radius 1 is 1.10 bits per heavy atom. The second kappa shape index (κ2) is 7.27. The lowest BCUT2D eigenvalue weighted by atomic mass is 9.97. The van der Waals surface area contributed by atoms with Gasteiger partial charge in [-0.15, -0.1) is 0 Å². The third-order valence-corrected chi connectivity index (χ3v) is 5.87. The van der Waals surface area contributed by atoms with Crippen LogP contribution in [-0.2, 0) is 9.59 Å². The smallest absolute Gasteiger partial charge is 0.271 e. The zero-order chi connectivity index (χ0) is 22.7. The lowest BCUT2D eigenvalue weighted by Gasteiger charge is -2.41. The average molecular weight is 443 g/mol. The van der Waals surface area contributed by atoms with Gasteiger partial charge in [-0.05, 0) is 64.1 Å². The molecule has 0 fully saturated rings. The summed E-state index contributed by atoms with van der Waals surface area (Å²) in [5.74, 6) is 0.190. The summed E-state index contributed by atoms with van der Waals surface area (Å²) in [5, 5.41) is 0.430. The van der Waals surface area contributed by atoms with Gasteiger partial charge >= 0.3 is 0 Å². The highest BCUT2D eigenvalue weighted by molar-refractivity contribution is 6.31. The second-order valence-electron chi connectivity index (χ2n) is 8.28. The number of Topliss-reactive ketones (excluding diaryl/α,β-unsaturated/α-hetero) is 1. The lowest BCUT2D eigenvalue weighted by Crippen LogP contribution is -2.57. The molecule has 7 nitrogen and oxygen atoms in total. The van der Waals surface area contributed by atoms with Gasteiger partial charge in [0, 0.05) is 17.6 Å². The Hall–Kier alpha value is -3.06. The molecular formula is C23H23ClN2O5. The predicted molar refractivity (Wildman–Crippen MR) is 117 cm³/mol. The normalized spacial score (nSPS) is 20.4. The van der Waals surface area contributed by atoms with E-state index in [0.717, 1.165) is 0 Å². The molecule has 2 atom stereocenters. The number of amides is 2. The monoisotopic (exact) mass is 442 g/mol. The van der Waals surface area contributed by atoms with Crippen LogP contribution < -0.4 is 19.3 Å². The fourth-order valence-electron chi connectivity index (χ4n) is 3.89. The van der Waals surface area contributed by atoms with E-state index in [0.29, 0.717) is 33.5 Å². The molecule has 2 unspecified atom stereocenters. The number of ketones is 1. The molecule has 31 heavy (non-hydrogen) atoms. The molecule has 2 aliphatic rings. The van der Waals surface area contributed by atoms with Gasteiger partial charge in [0.1, 0.15) is 11.5 Å². The van der Waals surface area contributed by atoms with Crippen LogP contribution in [0.2, 0.25) is 5.02 Å². The molecule has 2 amide bonds. The Kier molecular flexibility index (Phi) is 4.97. The molecule has 0 bridgehead atoms. The van der Waals surface area contributed by atoms with E-state index in [1.54, 1.807) is 71.1 Å². The molecule has 8 heteroatoms. The van der Waals surface area contributed by atoms with Crippen molar-refractivity contribution in [3.8, 4) is 11.5 Å². The average Bonchev–Trinajstić information content (AvgIpc) is 2.72. The highest BCUT2D eigenvalue weighted by Crippen LogP contribution is 2.41. The summed E-state index contributed by atoms with van der Waals surface area (Å²) in [6, 6.07) is 9.08. The molecule has 0 saturated carbocycles. The molecule has 0 radical (unpaired) electrons. The minimum absolute atomic E-state index is 0.196. The van der Waals surface area contributed by atoms with Crippen LogP contribution in [0.4, 0.5) is 11.4 Å². The van der Waals surface area contributed by atoms with E-state index in [-0.39, 0.29) is 17.6 Å². The molecule has 2 heterocycles. The second-order valence-corrected chi connectivity index (χ2v) is 8.72. The molecule has 2 aliphatic heterocycles. The topological polar surface area (TPSA) is 76.2 Å². The molecule has 0 aliphatic carbocycles. The van der Waals surface area contributed by atoms with Crippen molar-refractivity contribution >= 4 is 40.6 Å². The van der Waals surface area contributed by atoms with Crippen molar-refractivity contribution in [1.82, 2.24) is 0 Å². The molecule has 4 rings (SSSR count). The largest absolute Gasteiger partial charge is 0.479 e. The van der Waals surface area contributed by atoms with Crippen LogP contribution in [0.3, 0.4) is 0 Å². The maximum atomic E-state index is 13.4. The van der Waals surface area contributed by atoms with Crippen molar-refractivity contribution in [2.75, 3.05) is 16.8 Å². The molecule has 2 aromatic rings. The first-order chi connectivity index (χ1) is 14.5. The van der Waals surface area contributed by atoms with Crippen molar-refractivity contribution < 1.29 is 23.9 Å². The minimum Gasteiger partial charge on any atom is -0.479 e. The van der Waals surface area contributed by atoms with Gasteiger partial charge in [0.2, 0.25) is 0 Å². The van der Waals surface area contributed by atoms with Gasteiger partial charge in [0.25, 0.3) is 11.8 Å². The molecule has 2 aromatic carbocycles. The summed E-state index contributed by atoms with van der Waals surface area (Å²) in [7, 11) is 1.64. The number of benzene rings is 2. The van der Waals surface area contributed by atoms with Gasteiger partial charge in [-0.1, -0.05) is 11.6 Å². The third-order valence-electron chi connectivity index (χ3n) is 5.63. The standard InChI is InChI=1S/C23H23ClN2O5/c1-12(26-17-11-15(24)7-9-19(17)31-23(3,4)22(26)29)20(27)14-6-8-18-16(10-14)25(5)21(28)13(2)30-18/h6-13H,1-5H3. The summed E-state index contributed by atoms with van der Waals surface area (Å²) in [6.07, 6.45) is -0.590. The Morgan fingerprint density at radius 3 is 2.48 bits per heavy atom. The summed E-state index contributed by atoms with van der Waals surface area (Å²) in [6.45, 7) is 6.67. The van der Waals surface area contributed by atoms with Gasteiger partial charge in [0.05, 0.1) is 17.4 Å². The van der Waals surface area contributed by atoms with E-state index in [9.17, 15) is 14.4 Å². The number of carbonyl (C=O) groups is 3. The van der Waals surface area contributed by atoms with Crippen LogP contribution in [0.5, 0.6) is 11.5 Å². The third kappa shape index (κ3) is 3.43. The van der Waals surface area contributed by atoms with Crippen molar-refractivity contribution in [2.45, 2.75) is 45.4 Å². The molecule has 0 N–H and O–H groups in total. The molecular weight excluding hydrogens is 420 g/mol. The SMILES string of the molecule is CC1Oc2ccc(C(=O)C(C)N3C(=O)C(C)(C)Oc4ccc(Cl)cc43)cc2N(C)C1=O. The Labute approximate surface area is 185 Å². The summed E-state index contributed by atoms with van der Waals surface area (Å²) >= 11 is 6.15. The van der Waals surface area contributed by atoms with Crippen LogP contribution in [0.25, 0.3) is 0 Å². The van der Waals surface area contributed by atoms with E-state index in [2.05, 4.69) is 0 Å². The first-order valence-electron chi connectivity index (χ1n) is 9.96. The molecule has 0 spiro atoms. The lowest BCUT2D eigenvalue weighted by molar-refractivity contribution is -0.133. The fourth-order valence-corrected chi connectivity index (χ4v) is 4.06. The van der Waals surface area contributed by atoms with E-state index in [4.69, 9.17) is 21.1 Å². The van der Waals surface area contributed by atoms with Crippen LogP contribution in [0.15, 0.2) is 36.4 Å². The highest BCUT2D eigenvalue weighted by Gasteiger charge is 2.44. The number of rotatable bonds is 3. The van der Waals surface area contributed by atoms with Crippen LogP contribution >= 0.6 is 11.6 Å². The number of fused-ring (bicyclic) bond motifs is 2. The Morgan fingerprint density at radius 2 is 1.77 bits per heavy atom. The number of hydrogen-bond donors (Lipinski definition) is 0. The summed E-state index contributed by atoms with van der Waals surface area (Å²) in [4.78, 5) is 41.8. The number of nitrogens with zero attached hydrogens (tertiary/aromatic N) is 2. The van der Waals surface area contributed by atoms with Gasteiger partial charge in [-0.2, -0.15) is 0 Å². The molecule has 162 valence electrons. The highest BCUT2D eigenvalue weighted by atomic mass is 35.5. The Bertz CT molecular complexity index is 1110. The van der Waals surface area contributed by atoms with E-state index in [1.165, 1.54) is 9.80 Å². The maximum absolute atomic E-state index is 13.4. The minimum atomic E-state index is -1.14. The number of hydrogen-bond acceptors (Lipinski definition) is 5. The Balaban J connectivity index is 1.73. The summed E-state index contributed by atoms with van der Waals surface area (Å²) < 4.78 is 11.5. The number of ether oxygens (including phenoxy) is 2. The van der Waals surface area contributed by atoms with Crippen LogP contribution in [0, 0.1) is 0 Å². The number of likely N-dealkylation sites (N-methyl/N-ethyl adjacent to an activating group) is 1. The van der Waals surface area contributed by atoms with Crippen molar-refractivity contribution in [2.24, 2.45) is 0 Å². The predicted octanol–water partition coefficient (Wildman–Crippen LogP) is 3.86. The number of carbonyl (C=O) groups excluding carboxylic acids is 3. The van der Waals surface area contributed by atoms with Crippen molar-refractivity contribution in [3.05, 3.63) is 47.0 Å². The van der Waals surface area contributed by atoms with E-state index in [1.807, 2.05) is 0 Å². The van der Waals surface area contributed by atoms with E-state index < -0.39 is 17.7 Å².